The zero-order valence-electron chi connectivity index (χ0n) is 31.3. The van der Waals surface area contributed by atoms with E-state index in [1.165, 1.54) is 80.8 Å². The average Bonchev–Trinajstić information content (AvgIpc) is 3.71. The number of nitrogens with zero attached hydrogens (tertiary/aromatic N) is 4. The van der Waals surface area contributed by atoms with Crippen molar-refractivity contribution in [3.05, 3.63) is 65.0 Å². The lowest BCUT2D eigenvalue weighted by Crippen LogP contribution is -2.41. The van der Waals surface area contributed by atoms with Gasteiger partial charge in [0.05, 0.1) is 55.0 Å². The minimum Gasteiger partial charge on any atom is -0.387 e. The molecule has 3 aromatic rings. The first-order valence-electron chi connectivity index (χ1n) is 18.9. The molecule has 4 rings (SSSR count). The van der Waals surface area contributed by atoms with E-state index in [1.54, 1.807) is 19.1 Å². The largest absolute Gasteiger partial charge is 0.472 e. The Morgan fingerprint density at radius 1 is 1.04 bits per heavy atom. The third-order valence-electron chi connectivity index (χ3n) is 9.54. The van der Waals surface area contributed by atoms with Crippen molar-refractivity contribution in [3.8, 4) is 18.4 Å². The van der Waals surface area contributed by atoms with Crippen LogP contribution in [0.3, 0.4) is 0 Å². The number of aliphatic hydroxyl groups excluding tert-OH is 2. The molecular formula is C39H54FN4O9P. The summed E-state index contributed by atoms with van der Waals surface area (Å²) in [4.78, 5) is 14.7. The maximum atomic E-state index is 14.0. The van der Waals surface area contributed by atoms with Gasteiger partial charge in [-0.05, 0) is 49.2 Å². The van der Waals surface area contributed by atoms with E-state index in [-0.39, 0.29) is 24.5 Å². The zero-order chi connectivity index (χ0) is 39.0. The van der Waals surface area contributed by atoms with Crippen LogP contribution < -0.4 is 0 Å². The van der Waals surface area contributed by atoms with Crippen molar-refractivity contribution in [1.29, 1.82) is 5.26 Å². The SMILES string of the molecule is C#C[C@@]1(c2ccc3c(C)ncnn23)O[C@H](COP(=O)(O)OC[C@@H](COCCCCCCCCCCCCCC)OCc2cc(F)cc(C#N)c2)[C@@H](O)[C@H]1O. The van der Waals surface area contributed by atoms with E-state index in [1.807, 2.05) is 6.07 Å². The molecule has 6 atom stereocenters. The summed E-state index contributed by atoms with van der Waals surface area (Å²) in [6.45, 7) is 3.24. The van der Waals surface area contributed by atoms with Gasteiger partial charge >= 0.3 is 7.82 Å². The minimum atomic E-state index is -4.78. The lowest BCUT2D eigenvalue weighted by Gasteiger charge is -2.26. The molecule has 1 aliphatic rings. The highest BCUT2D eigenvalue weighted by Gasteiger charge is 2.56. The van der Waals surface area contributed by atoms with Gasteiger partial charge in [-0.1, -0.05) is 83.5 Å². The number of benzene rings is 1. The van der Waals surface area contributed by atoms with Gasteiger partial charge in [-0.25, -0.2) is 18.5 Å². The number of rotatable bonds is 25. The summed E-state index contributed by atoms with van der Waals surface area (Å²) in [5.74, 6) is 1.83. The Balaban J connectivity index is 1.27. The number of ether oxygens (including phenoxy) is 3. The Bertz CT molecular complexity index is 1750. The first-order chi connectivity index (χ1) is 26.0. The van der Waals surface area contributed by atoms with E-state index in [2.05, 4.69) is 22.9 Å². The number of aromatic nitrogens is 3. The summed E-state index contributed by atoms with van der Waals surface area (Å²) in [5, 5.41) is 35.3. The number of nitriles is 1. The van der Waals surface area contributed by atoms with Crippen LogP contribution >= 0.6 is 7.82 Å². The quantitative estimate of drug-likeness (QED) is 0.0489. The molecule has 296 valence electrons. The summed E-state index contributed by atoms with van der Waals surface area (Å²) in [7, 11) is -4.78. The Kier molecular flexibility index (Phi) is 17.5. The predicted molar refractivity (Wildman–Crippen MR) is 198 cm³/mol. The number of aliphatic hydroxyl groups is 2. The van der Waals surface area contributed by atoms with Gasteiger partial charge in [-0.15, -0.1) is 6.42 Å². The molecule has 0 spiro atoms. The van der Waals surface area contributed by atoms with Crippen LogP contribution in [0.5, 0.6) is 0 Å². The standard InChI is InChI=1S/C39H54FN4O9P/c1-4-6-7-8-9-10-11-12-13-14-15-16-19-49-25-33(50-24-31-20-30(23-41)21-32(40)22-31)26-51-54(47,48)52-27-35-37(45)38(46)39(5-2,53-35)36-18-17-34-29(3)42-28-43-44(34)36/h2,17-18,20-22,28,33,35,37-38,45-46H,4,6-16,19,24-27H2,1,3H3,(H,47,48)/t33-,35-,37-,38-,39+/m1/s1. The van der Waals surface area contributed by atoms with Crippen LogP contribution in [0.15, 0.2) is 36.7 Å². The van der Waals surface area contributed by atoms with Crippen molar-refractivity contribution in [2.24, 2.45) is 0 Å². The summed E-state index contributed by atoms with van der Waals surface area (Å²) in [6.07, 6.45) is 16.3. The van der Waals surface area contributed by atoms with Crippen LogP contribution in [0.2, 0.25) is 0 Å². The smallest absolute Gasteiger partial charge is 0.387 e. The number of aryl methyl sites for hydroxylation is 1. The molecule has 54 heavy (non-hydrogen) atoms. The number of terminal acetylenes is 1. The van der Waals surface area contributed by atoms with E-state index in [0.29, 0.717) is 23.4 Å². The van der Waals surface area contributed by atoms with Gasteiger partial charge < -0.3 is 29.3 Å². The van der Waals surface area contributed by atoms with Crippen molar-refractivity contribution < 1.29 is 47.3 Å². The van der Waals surface area contributed by atoms with E-state index in [0.717, 1.165) is 25.3 Å². The first-order valence-corrected chi connectivity index (χ1v) is 20.4. The van der Waals surface area contributed by atoms with Gasteiger partial charge in [-0.3, -0.25) is 9.05 Å². The van der Waals surface area contributed by atoms with Gasteiger partial charge in [-0.2, -0.15) is 10.4 Å². The second-order valence-corrected chi connectivity index (χ2v) is 15.2. The second-order valence-electron chi connectivity index (χ2n) is 13.7. The topological polar surface area (TPSA) is 178 Å². The highest BCUT2D eigenvalue weighted by molar-refractivity contribution is 7.47. The number of halogens is 1. The molecule has 1 fully saturated rings. The fraction of sp³-hybridized carbons (Fsp3) is 0.615. The minimum absolute atomic E-state index is 0.00802. The molecule has 1 saturated heterocycles. The highest BCUT2D eigenvalue weighted by atomic mass is 31.2. The van der Waals surface area contributed by atoms with Gasteiger partial charge in [0.25, 0.3) is 0 Å². The van der Waals surface area contributed by atoms with E-state index >= 15 is 0 Å². The summed E-state index contributed by atoms with van der Waals surface area (Å²) < 4.78 is 56.6. The average molecular weight is 773 g/mol. The Labute approximate surface area is 317 Å². The first kappa shape index (κ1) is 43.5. The van der Waals surface area contributed by atoms with Crippen LogP contribution in [0.25, 0.3) is 5.52 Å². The Morgan fingerprint density at radius 2 is 1.72 bits per heavy atom. The molecule has 0 saturated carbocycles. The monoisotopic (exact) mass is 772 g/mol. The van der Waals surface area contributed by atoms with E-state index in [9.17, 15) is 29.3 Å². The van der Waals surface area contributed by atoms with Gasteiger partial charge in [0.2, 0.25) is 0 Å². The van der Waals surface area contributed by atoms with Gasteiger partial charge in [0, 0.05) is 6.61 Å². The highest BCUT2D eigenvalue weighted by Crippen LogP contribution is 2.46. The third kappa shape index (κ3) is 12.4. The fourth-order valence-corrected chi connectivity index (χ4v) is 7.26. The lowest BCUT2D eigenvalue weighted by atomic mass is 9.92. The maximum Gasteiger partial charge on any atom is 0.472 e. The molecule has 0 amide bonds. The predicted octanol–water partition coefficient (Wildman–Crippen LogP) is 6.43. The van der Waals surface area contributed by atoms with Crippen LogP contribution in [0.4, 0.5) is 4.39 Å². The summed E-state index contributed by atoms with van der Waals surface area (Å²) in [6, 6.07) is 9.02. The molecule has 0 aliphatic carbocycles. The number of phosphoric ester groups is 1. The van der Waals surface area contributed by atoms with Crippen LogP contribution in [0, 0.1) is 36.4 Å². The number of phosphoric acid groups is 1. The maximum absolute atomic E-state index is 14.0. The molecular weight excluding hydrogens is 718 g/mol. The number of unbranched alkanes of at least 4 members (excludes halogenated alkanes) is 11. The molecule has 0 radical (unpaired) electrons. The molecule has 2 aromatic heterocycles. The number of hydrogen-bond donors (Lipinski definition) is 3. The molecule has 0 bridgehead atoms. The van der Waals surface area contributed by atoms with Crippen molar-refractivity contribution in [3.63, 3.8) is 0 Å². The molecule has 1 unspecified atom stereocenters. The second kappa shape index (κ2) is 21.7. The van der Waals surface area contributed by atoms with Crippen LogP contribution in [-0.2, 0) is 40.0 Å². The molecule has 3 N–H and O–H groups in total. The molecule has 3 heterocycles. The van der Waals surface area contributed by atoms with Crippen LogP contribution in [0.1, 0.15) is 106 Å². The Morgan fingerprint density at radius 3 is 2.39 bits per heavy atom. The Hall–Kier alpha value is -3.27. The third-order valence-corrected chi connectivity index (χ3v) is 10.5. The summed E-state index contributed by atoms with van der Waals surface area (Å²) >= 11 is 0. The van der Waals surface area contributed by atoms with Gasteiger partial charge in [0.15, 0.2) is 5.60 Å². The van der Waals surface area contributed by atoms with Crippen molar-refractivity contribution in [1.82, 2.24) is 14.6 Å². The number of fused-ring (bicyclic) bond motifs is 1. The van der Waals surface area contributed by atoms with E-state index < -0.39 is 56.9 Å². The summed E-state index contributed by atoms with van der Waals surface area (Å²) in [5.41, 5.74) is 0.176. The molecule has 13 nitrogen and oxygen atoms in total. The molecule has 1 aromatic carbocycles. The van der Waals surface area contributed by atoms with Crippen molar-refractivity contribution in [2.75, 3.05) is 26.4 Å². The normalized spacial score (nSPS) is 21.5. The molecule has 15 heteroatoms. The fourth-order valence-electron chi connectivity index (χ4n) is 6.50. The van der Waals surface area contributed by atoms with Gasteiger partial charge in [0.1, 0.15) is 36.6 Å². The van der Waals surface area contributed by atoms with Crippen molar-refractivity contribution in [2.45, 2.75) is 128 Å². The lowest BCUT2D eigenvalue weighted by molar-refractivity contribution is -0.0681. The number of hydrogen-bond acceptors (Lipinski definition) is 11. The van der Waals surface area contributed by atoms with E-state index in [4.69, 9.17) is 29.7 Å². The van der Waals surface area contributed by atoms with Crippen LogP contribution in [-0.4, -0.2) is 80.5 Å². The molecule has 1 aliphatic heterocycles. The zero-order valence-corrected chi connectivity index (χ0v) is 32.2. The van der Waals surface area contributed by atoms with Crippen molar-refractivity contribution >= 4 is 13.3 Å².